The van der Waals surface area contributed by atoms with Gasteiger partial charge in [-0.2, -0.15) is 14.6 Å². The van der Waals surface area contributed by atoms with Crippen LogP contribution in [0.4, 0.5) is 0 Å². The smallest absolute Gasteiger partial charge is 0.270 e. The number of aryl methyl sites for hydroxylation is 1. The second kappa shape index (κ2) is 7.64. The Labute approximate surface area is 153 Å². The molecular weight excluding hydrogens is 326 g/mol. The summed E-state index contributed by atoms with van der Waals surface area (Å²) in [7, 11) is 0. The van der Waals surface area contributed by atoms with Gasteiger partial charge in [-0.05, 0) is 42.9 Å². The van der Waals surface area contributed by atoms with Crippen LogP contribution >= 0.6 is 0 Å². The molecule has 3 rings (SSSR count). The monoisotopic (exact) mass is 351 g/mol. The maximum atomic E-state index is 12.8. The van der Waals surface area contributed by atoms with Gasteiger partial charge in [0, 0.05) is 5.69 Å². The molecule has 0 aliphatic rings. The molecule has 2 heterocycles. The van der Waals surface area contributed by atoms with Crippen molar-refractivity contribution in [3.63, 3.8) is 0 Å². The number of fused-ring (bicyclic) bond motifs is 1. The molecule has 6 heteroatoms. The molecule has 3 aromatic rings. The first kappa shape index (κ1) is 18.0. The Morgan fingerprint density at radius 1 is 1.15 bits per heavy atom. The van der Waals surface area contributed by atoms with Crippen molar-refractivity contribution < 1.29 is 4.79 Å². The topological polar surface area (TPSA) is 72.2 Å². The summed E-state index contributed by atoms with van der Waals surface area (Å²) < 4.78 is 1.47. The zero-order valence-corrected chi connectivity index (χ0v) is 15.7. The van der Waals surface area contributed by atoms with Crippen LogP contribution in [0.5, 0.6) is 0 Å². The molecule has 0 fully saturated rings. The molecule has 0 radical (unpaired) electrons. The summed E-state index contributed by atoms with van der Waals surface area (Å²) in [6.07, 6.45) is 3.32. The first-order valence-electron chi connectivity index (χ1n) is 9.11. The molecular formula is C20H25N5O. The fourth-order valence-corrected chi connectivity index (χ4v) is 3.04. The number of amides is 1. The van der Waals surface area contributed by atoms with E-state index in [1.54, 1.807) is 6.07 Å². The molecule has 0 unspecified atom stereocenters. The van der Waals surface area contributed by atoms with Crippen LogP contribution in [0.1, 0.15) is 72.9 Å². The third-order valence-electron chi connectivity index (χ3n) is 4.85. The summed E-state index contributed by atoms with van der Waals surface area (Å²) in [5.41, 5.74) is 3.61. The van der Waals surface area contributed by atoms with Gasteiger partial charge in [0.05, 0.1) is 6.04 Å². The normalized spacial score (nSPS) is 13.5. The van der Waals surface area contributed by atoms with E-state index in [2.05, 4.69) is 65.4 Å². The van der Waals surface area contributed by atoms with Gasteiger partial charge in [0.25, 0.3) is 11.7 Å². The first-order valence-corrected chi connectivity index (χ1v) is 9.11. The molecule has 0 saturated carbocycles. The SMILES string of the molecule is CC[C@H](C)c1ccc([C@@H](CC)NC(=O)c2cc(C)nc3ncnn23)cc1. The highest BCUT2D eigenvalue weighted by Crippen LogP contribution is 2.23. The van der Waals surface area contributed by atoms with E-state index in [4.69, 9.17) is 0 Å². The molecule has 0 aliphatic heterocycles. The molecule has 2 aromatic heterocycles. The summed E-state index contributed by atoms with van der Waals surface area (Å²) >= 11 is 0. The summed E-state index contributed by atoms with van der Waals surface area (Å²) in [5, 5.41) is 7.23. The number of carbonyl (C=O) groups excluding carboxylic acids is 1. The van der Waals surface area contributed by atoms with E-state index in [0.717, 1.165) is 24.1 Å². The van der Waals surface area contributed by atoms with Crippen molar-refractivity contribution >= 4 is 11.7 Å². The van der Waals surface area contributed by atoms with Gasteiger partial charge in [-0.3, -0.25) is 4.79 Å². The molecule has 1 N–H and O–H groups in total. The number of nitrogens with zero attached hydrogens (tertiary/aromatic N) is 4. The summed E-state index contributed by atoms with van der Waals surface area (Å²) in [5.74, 6) is 0.795. The Morgan fingerprint density at radius 3 is 2.50 bits per heavy atom. The lowest BCUT2D eigenvalue weighted by molar-refractivity contribution is 0.0927. The highest BCUT2D eigenvalue weighted by Gasteiger charge is 2.18. The van der Waals surface area contributed by atoms with Crippen LogP contribution < -0.4 is 5.32 Å². The standard InChI is InChI=1S/C20H25N5O/c1-5-13(3)15-7-9-16(10-8-15)17(6-2)24-19(26)18-11-14(4)23-20-21-12-22-25(18)20/h7-13,17H,5-6H2,1-4H3,(H,24,26)/t13-,17+/m0/s1. The zero-order chi connectivity index (χ0) is 18.7. The van der Waals surface area contributed by atoms with Crippen LogP contribution in [-0.2, 0) is 0 Å². The Kier molecular flexibility index (Phi) is 5.30. The van der Waals surface area contributed by atoms with Gasteiger partial charge in [0.15, 0.2) is 0 Å². The van der Waals surface area contributed by atoms with Crippen molar-refractivity contribution in [3.05, 3.63) is 59.2 Å². The molecule has 136 valence electrons. The second-order valence-electron chi connectivity index (χ2n) is 6.66. The van der Waals surface area contributed by atoms with Crippen LogP contribution in [0.25, 0.3) is 5.78 Å². The third-order valence-corrected chi connectivity index (χ3v) is 4.85. The average Bonchev–Trinajstić information content (AvgIpc) is 3.13. The van der Waals surface area contributed by atoms with Crippen LogP contribution in [0.15, 0.2) is 36.7 Å². The van der Waals surface area contributed by atoms with E-state index in [-0.39, 0.29) is 11.9 Å². The largest absolute Gasteiger partial charge is 0.344 e. The predicted molar refractivity (Wildman–Crippen MR) is 101 cm³/mol. The number of aromatic nitrogens is 4. The minimum Gasteiger partial charge on any atom is -0.344 e. The highest BCUT2D eigenvalue weighted by molar-refractivity contribution is 5.93. The number of rotatable bonds is 6. The van der Waals surface area contributed by atoms with E-state index in [0.29, 0.717) is 17.4 Å². The molecule has 6 nitrogen and oxygen atoms in total. The number of hydrogen-bond donors (Lipinski definition) is 1. The Balaban J connectivity index is 1.83. The molecule has 2 atom stereocenters. The van der Waals surface area contributed by atoms with Crippen molar-refractivity contribution in [2.45, 2.75) is 52.5 Å². The van der Waals surface area contributed by atoms with Crippen LogP contribution in [0.2, 0.25) is 0 Å². The molecule has 0 saturated heterocycles. The van der Waals surface area contributed by atoms with Crippen molar-refractivity contribution in [1.82, 2.24) is 24.9 Å². The van der Waals surface area contributed by atoms with Crippen LogP contribution in [0, 0.1) is 6.92 Å². The van der Waals surface area contributed by atoms with E-state index in [1.807, 2.05) is 6.92 Å². The van der Waals surface area contributed by atoms with Gasteiger partial charge in [0.1, 0.15) is 12.0 Å². The number of nitrogens with one attached hydrogen (secondary N) is 1. The van der Waals surface area contributed by atoms with Crippen molar-refractivity contribution in [1.29, 1.82) is 0 Å². The van der Waals surface area contributed by atoms with Crippen molar-refractivity contribution in [2.24, 2.45) is 0 Å². The van der Waals surface area contributed by atoms with Crippen molar-refractivity contribution in [2.75, 3.05) is 0 Å². The Bertz CT molecular complexity index is 900. The maximum absolute atomic E-state index is 12.8. The summed E-state index contributed by atoms with van der Waals surface area (Å²) in [6, 6.07) is 10.2. The van der Waals surface area contributed by atoms with Crippen molar-refractivity contribution in [3.8, 4) is 0 Å². The van der Waals surface area contributed by atoms with Gasteiger partial charge in [-0.1, -0.05) is 45.0 Å². The Hall–Kier alpha value is -2.76. The third kappa shape index (κ3) is 3.59. The second-order valence-corrected chi connectivity index (χ2v) is 6.66. The van der Waals surface area contributed by atoms with Gasteiger partial charge >= 0.3 is 0 Å². The summed E-state index contributed by atoms with van der Waals surface area (Å²) in [4.78, 5) is 21.2. The molecule has 26 heavy (non-hydrogen) atoms. The fraction of sp³-hybridized carbons (Fsp3) is 0.400. The van der Waals surface area contributed by atoms with E-state index >= 15 is 0 Å². The van der Waals surface area contributed by atoms with E-state index in [9.17, 15) is 4.79 Å². The number of benzene rings is 1. The van der Waals surface area contributed by atoms with Gasteiger partial charge in [-0.15, -0.1) is 0 Å². The van der Waals surface area contributed by atoms with Crippen LogP contribution in [0.3, 0.4) is 0 Å². The maximum Gasteiger partial charge on any atom is 0.270 e. The lowest BCUT2D eigenvalue weighted by Crippen LogP contribution is -2.30. The van der Waals surface area contributed by atoms with E-state index < -0.39 is 0 Å². The Morgan fingerprint density at radius 2 is 1.85 bits per heavy atom. The molecule has 0 spiro atoms. The van der Waals surface area contributed by atoms with Gasteiger partial charge < -0.3 is 5.32 Å². The predicted octanol–water partition coefficient (Wildman–Crippen LogP) is 3.83. The minimum atomic E-state index is -0.177. The average molecular weight is 351 g/mol. The zero-order valence-electron chi connectivity index (χ0n) is 15.7. The molecule has 0 bridgehead atoms. The summed E-state index contributed by atoms with van der Waals surface area (Å²) in [6.45, 7) is 8.32. The molecule has 1 aromatic carbocycles. The molecule has 1 amide bonds. The minimum absolute atomic E-state index is 0.0551. The van der Waals surface area contributed by atoms with Gasteiger partial charge in [-0.25, -0.2) is 4.98 Å². The highest BCUT2D eigenvalue weighted by atomic mass is 16.2. The van der Waals surface area contributed by atoms with Crippen LogP contribution in [-0.4, -0.2) is 25.5 Å². The number of carbonyl (C=O) groups is 1. The van der Waals surface area contributed by atoms with E-state index in [1.165, 1.54) is 16.4 Å². The quantitative estimate of drug-likeness (QED) is 0.732. The first-order chi connectivity index (χ1) is 12.5. The molecule has 0 aliphatic carbocycles. The van der Waals surface area contributed by atoms with Gasteiger partial charge in [0.2, 0.25) is 0 Å². The number of hydrogen-bond acceptors (Lipinski definition) is 4. The lowest BCUT2D eigenvalue weighted by atomic mass is 9.95. The lowest BCUT2D eigenvalue weighted by Gasteiger charge is -2.19. The fourth-order valence-electron chi connectivity index (χ4n) is 3.04.